The molecule has 468 valence electrons. The Hall–Kier alpha value is -6.51. The van der Waals surface area contributed by atoms with Crippen molar-refractivity contribution in [2.24, 2.45) is 32.5 Å². The van der Waals surface area contributed by atoms with Gasteiger partial charge in [-0.1, -0.05) is 135 Å². The van der Waals surface area contributed by atoms with E-state index in [0.29, 0.717) is 57.8 Å². The van der Waals surface area contributed by atoms with Gasteiger partial charge in [-0.25, -0.2) is 0 Å². The highest BCUT2D eigenvalue weighted by Gasteiger charge is 2.31. The summed E-state index contributed by atoms with van der Waals surface area (Å²) >= 11 is 0. The summed E-state index contributed by atoms with van der Waals surface area (Å²) < 4.78 is 0. The van der Waals surface area contributed by atoms with E-state index >= 15 is 0 Å². The lowest BCUT2D eigenvalue weighted by Crippen LogP contribution is -2.30. The zero-order valence-electron chi connectivity index (χ0n) is 53.1. The Kier molecular flexibility index (Phi) is 33.9. The molecule has 0 bridgehead atoms. The lowest BCUT2D eigenvalue weighted by Gasteiger charge is -2.23. The number of hydrogen-bond acceptors (Lipinski definition) is 9. The van der Waals surface area contributed by atoms with E-state index in [1.54, 1.807) is 41.5 Å². The maximum Gasteiger partial charge on any atom is 0.309 e. The molecule has 0 saturated carbocycles. The third-order valence-corrected chi connectivity index (χ3v) is 15.7. The van der Waals surface area contributed by atoms with Crippen molar-refractivity contribution >= 4 is 70.0 Å². The first-order chi connectivity index (χ1) is 39.1. The zero-order valence-corrected chi connectivity index (χ0v) is 53.1. The normalized spacial score (nSPS) is 11.9. The van der Waals surface area contributed by atoms with Crippen LogP contribution in [0.2, 0.25) is 0 Å². The molecular formula is C69H105N3O12. The number of Topliss-reactive ketones (excluding diaryl/α,β-unsaturated/α-hetero) is 3. The minimum Gasteiger partial charge on any atom is -0.481 e. The van der Waals surface area contributed by atoms with E-state index in [-0.39, 0.29) is 35.1 Å². The molecule has 15 nitrogen and oxygen atoms in total. The van der Waals surface area contributed by atoms with Crippen LogP contribution < -0.4 is 16.0 Å². The van der Waals surface area contributed by atoms with Gasteiger partial charge in [0.1, 0.15) is 17.3 Å². The van der Waals surface area contributed by atoms with Crippen LogP contribution in [0.1, 0.15) is 237 Å². The molecule has 3 aromatic carbocycles. The molecule has 0 aliphatic heterocycles. The highest BCUT2D eigenvalue weighted by molar-refractivity contribution is 5.96. The Morgan fingerprint density at radius 1 is 0.274 bits per heavy atom. The number of nitrogens with one attached hydrogen (secondary N) is 3. The second-order valence-electron chi connectivity index (χ2n) is 26.5. The molecule has 15 heteroatoms. The summed E-state index contributed by atoms with van der Waals surface area (Å²) in [5.41, 5.74) is -1.24. The third kappa shape index (κ3) is 32.5. The number of carbonyl (C=O) groups is 9. The highest BCUT2D eigenvalue weighted by atomic mass is 16.4. The van der Waals surface area contributed by atoms with Crippen LogP contribution in [-0.2, 0) is 43.2 Å². The van der Waals surface area contributed by atoms with Crippen molar-refractivity contribution < 1.29 is 58.5 Å². The predicted molar refractivity (Wildman–Crippen MR) is 337 cm³/mol. The Balaban J connectivity index is 0.000000646. The average Bonchev–Trinajstić information content (AvgIpc) is 3.50. The Bertz CT molecular complexity index is 2390. The Morgan fingerprint density at radius 3 is 0.607 bits per heavy atom. The molecule has 0 heterocycles. The molecule has 0 spiro atoms. The molecule has 0 atom stereocenters. The van der Waals surface area contributed by atoms with Crippen LogP contribution >= 0.6 is 0 Å². The van der Waals surface area contributed by atoms with E-state index in [1.165, 1.54) is 0 Å². The van der Waals surface area contributed by atoms with Gasteiger partial charge in [-0.2, -0.15) is 0 Å². The average molecular weight is 1170 g/mol. The number of hydrogen-bond donors (Lipinski definition) is 6. The van der Waals surface area contributed by atoms with E-state index in [1.807, 2.05) is 133 Å². The van der Waals surface area contributed by atoms with E-state index in [9.17, 15) is 43.2 Å². The standard InChI is InChI=1S/C29H40N2O3.C23H35NO4.C17H30O5/c1-28(2,26(33)30-23-15-7-5-8-16-23)21-13-11-19-25(32)20-12-14-22-29(3,4)27(34)31-24-17-9-6-10-18-24;1-22(2,20(26)24-18-12-6-5-7-13-18)16-10-8-14-19(25)15-9-11-17-23(3,4)21(27)28;1-16(2,14(19)20)11-7-5-9-13(18)10-6-8-12-17(3,4)15(21)22/h5-10,15-18H,11-14,19-22H2,1-4H3,(H,30,33)(H,31,34);5-7,12-13H,8-11,14-17H2,1-4H3,(H,24,26)(H,27,28);5-12H2,1-4H3,(H,19,20)(H,21,22). The molecule has 0 saturated heterocycles. The summed E-state index contributed by atoms with van der Waals surface area (Å²) in [5.74, 6) is -1.74. The van der Waals surface area contributed by atoms with Gasteiger partial charge < -0.3 is 31.3 Å². The number of benzene rings is 3. The molecule has 0 radical (unpaired) electrons. The SMILES string of the molecule is CC(C)(CCCCC(=O)CCCCC(C)(C)C(=O)Nc1ccccc1)C(=O)Nc1ccccc1.CC(C)(CCCCC(=O)CCCCC(C)(C)C(=O)Nc1ccccc1)C(=O)O.CC(C)(CCCCC(=O)CCCCC(C)(C)C(=O)O)C(=O)O. The van der Waals surface area contributed by atoms with Gasteiger partial charge in [-0.05, 0) is 155 Å². The summed E-state index contributed by atoms with van der Waals surface area (Å²) in [7, 11) is 0. The van der Waals surface area contributed by atoms with Gasteiger partial charge in [0.2, 0.25) is 17.7 Å². The molecule has 84 heavy (non-hydrogen) atoms. The van der Waals surface area contributed by atoms with Gasteiger partial charge >= 0.3 is 17.9 Å². The van der Waals surface area contributed by atoms with Crippen LogP contribution in [0, 0.1) is 32.5 Å². The fourth-order valence-corrected chi connectivity index (χ4v) is 8.84. The highest BCUT2D eigenvalue weighted by Crippen LogP contribution is 2.31. The number of rotatable bonds is 39. The van der Waals surface area contributed by atoms with Crippen LogP contribution in [0.25, 0.3) is 0 Å². The second-order valence-corrected chi connectivity index (χ2v) is 26.5. The zero-order chi connectivity index (χ0) is 63.6. The van der Waals surface area contributed by atoms with Crippen molar-refractivity contribution in [2.75, 3.05) is 16.0 Å². The predicted octanol–water partition coefficient (Wildman–Crippen LogP) is 16.4. The van der Waals surface area contributed by atoms with Gasteiger partial charge in [0.25, 0.3) is 0 Å². The Morgan fingerprint density at radius 2 is 0.440 bits per heavy atom. The van der Waals surface area contributed by atoms with Crippen molar-refractivity contribution in [3.8, 4) is 0 Å². The first-order valence-electron chi connectivity index (χ1n) is 30.5. The van der Waals surface area contributed by atoms with E-state index in [4.69, 9.17) is 15.3 Å². The van der Waals surface area contributed by atoms with Crippen LogP contribution in [-0.4, -0.2) is 68.3 Å². The lowest BCUT2D eigenvalue weighted by molar-refractivity contribution is -0.148. The molecule has 3 aromatic rings. The van der Waals surface area contributed by atoms with Crippen LogP contribution in [0.15, 0.2) is 91.0 Å². The summed E-state index contributed by atoms with van der Waals surface area (Å²) in [6.45, 7) is 21.9. The third-order valence-electron chi connectivity index (χ3n) is 15.7. The van der Waals surface area contributed by atoms with Crippen LogP contribution in [0.3, 0.4) is 0 Å². The van der Waals surface area contributed by atoms with Crippen LogP contribution in [0.4, 0.5) is 17.1 Å². The number of carboxylic acid groups (broad SMARTS) is 3. The van der Waals surface area contributed by atoms with Crippen LogP contribution in [0.5, 0.6) is 0 Å². The minimum atomic E-state index is -0.806. The molecule has 0 unspecified atom stereocenters. The maximum atomic E-state index is 12.6. The number of unbranched alkanes of at least 4 members (excludes halogenated alkanes) is 6. The maximum absolute atomic E-state index is 12.6. The quantitative estimate of drug-likeness (QED) is 0.0292. The molecule has 0 aliphatic carbocycles. The van der Waals surface area contributed by atoms with E-state index in [0.717, 1.165) is 113 Å². The molecule has 0 fully saturated rings. The number of ketones is 3. The number of carbonyl (C=O) groups excluding carboxylic acids is 6. The molecule has 0 aromatic heterocycles. The van der Waals surface area contributed by atoms with Crippen molar-refractivity contribution in [3.63, 3.8) is 0 Å². The second kappa shape index (κ2) is 37.7. The van der Waals surface area contributed by atoms with Gasteiger partial charge in [-0.15, -0.1) is 0 Å². The molecular weight excluding hydrogens is 1060 g/mol. The number of para-hydroxylation sites is 3. The van der Waals surface area contributed by atoms with Gasteiger partial charge in [0.05, 0.1) is 16.2 Å². The fourth-order valence-electron chi connectivity index (χ4n) is 8.84. The fraction of sp³-hybridized carbons (Fsp3) is 0.609. The smallest absolute Gasteiger partial charge is 0.309 e. The van der Waals surface area contributed by atoms with Crippen molar-refractivity contribution in [1.29, 1.82) is 0 Å². The van der Waals surface area contributed by atoms with Crippen molar-refractivity contribution in [1.82, 2.24) is 0 Å². The monoisotopic (exact) mass is 1170 g/mol. The van der Waals surface area contributed by atoms with Gasteiger partial charge in [0.15, 0.2) is 0 Å². The Labute approximate surface area is 503 Å². The largest absolute Gasteiger partial charge is 0.481 e. The van der Waals surface area contributed by atoms with E-state index in [2.05, 4.69) is 16.0 Å². The summed E-state index contributed by atoms with van der Waals surface area (Å²) in [6.07, 6.45) is 16.3. The minimum absolute atomic E-state index is 0.00365. The molecule has 3 rings (SSSR count). The summed E-state index contributed by atoms with van der Waals surface area (Å²) in [4.78, 5) is 107. The topological polar surface area (TPSA) is 250 Å². The summed E-state index contributed by atoms with van der Waals surface area (Å²) in [6, 6.07) is 28.3. The number of aliphatic carboxylic acids is 3. The molecule has 0 aliphatic rings. The van der Waals surface area contributed by atoms with Crippen molar-refractivity contribution in [2.45, 2.75) is 237 Å². The van der Waals surface area contributed by atoms with Gasteiger partial charge in [-0.3, -0.25) is 43.2 Å². The molecule has 6 N–H and O–H groups in total. The number of anilines is 3. The summed E-state index contributed by atoms with van der Waals surface area (Å²) in [5, 5.41) is 35.9. The first kappa shape index (κ1) is 75.5. The molecule has 3 amide bonds. The number of carboxylic acids is 3. The number of amides is 3. The van der Waals surface area contributed by atoms with E-state index < -0.39 is 50.4 Å². The first-order valence-corrected chi connectivity index (χ1v) is 30.5. The van der Waals surface area contributed by atoms with Crippen molar-refractivity contribution in [3.05, 3.63) is 91.0 Å². The van der Waals surface area contributed by atoms with Gasteiger partial charge in [0, 0.05) is 71.8 Å². The lowest BCUT2D eigenvalue weighted by atomic mass is 9.85.